The normalized spacial score (nSPS) is 10.9. The zero-order valence-electron chi connectivity index (χ0n) is 13.3. The van der Waals surface area contributed by atoms with Crippen molar-refractivity contribution in [3.8, 4) is 11.5 Å². The van der Waals surface area contributed by atoms with E-state index in [0.717, 1.165) is 11.3 Å². The van der Waals surface area contributed by atoms with Crippen LogP contribution in [0.4, 0.5) is 0 Å². The third kappa shape index (κ3) is 3.39. The summed E-state index contributed by atoms with van der Waals surface area (Å²) < 4.78 is 10.4. The van der Waals surface area contributed by atoms with E-state index >= 15 is 0 Å². The molecule has 0 bridgehead atoms. The van der Waals surface area contributed by atoms with Crippen LogP contribution in [0.5, 0.6) is 11.5 Å². The summed E-state index contributed by atoms with van der Waals surface area (Å²) in [6.45, 7) is 3.92. The largest absolute Gasteiger partial charge is 0.497 e. The Morgan fingerprint density at radius 3 is 2.18 bits per heavy atom. The van der Waals surface area contributed by atoms with E-state index in [9.17, 15) is 4.79 Å². The van der Waals surface area contributed by atoms with Crippen molar-refractivity contribution in [2.24, 2.45) is 0 Å². The maximum Gasteiger partial charge on any atom is 0.255 e. The van der Waals surface area contributed by atoms with Crippen LogP contribution in [0.25, 0.3) is 0 Å². The number of amides is 1. The van der Waals surface area contributed by atoms with E-state index in [-0.39, 0.29) is 5.91 Å². The van der Waals surface area contributed by atoms with Crippen LogP contribution < -0.4 is 14.8 Å². The number of nitrogens with one attached hydrogen (secondary N) is 1. The molecular weight excluding hydrogens is 278 g/mol. The van der Waals surface area contributed by atoms with Crippen molar-refractivity contribution in [3.63, 3.8) is 0 Å². The molecule has 0 aliphatic heterocycles. The first-order valence-electron chi connectivity index (χ1n) is 7.08. The summed E-state index contributed by atoms with van der Waals surface area (Å²) in [5, 5.41) is 3.04. The fourth-order valence-corrected chi connectivity index (χ4v) is 2.26. The van der Waals surface area contributed by atoms with Gasteiger partial charge in [-0.3, -0.25) is 4.79 Å². The molecular formula is C18H21NO3. The second-order valence-corrected chi connectivity index (χ2v) is 5.51. The van der Waals surface area contributed by atoms with Crippen LogP contribution >= 0.6 is 0 Å². The Labute approximate surface area is 131 Å². The standard InChI is InChI=1S/C18H21NO3/c1-18(2,13-9-11-14(21-3)12-10-13)19-17(20)15-7-5-6-8-16(15)22-4/h5-12H,1-4H3,(H,19,20). The highest BCUT2D eigenvalue weighted by Gasteiger charge is 2.24. The van der Waals surface area contributed by atoms with Gasteiger partial charge in [0.2, 0.25) is 0 Å². The Kier molecular flexibility index (Phi) is 4.71. The number of benzene rings is 2. The van der Waals surface area contributed by atoms with Gasteiger partial charge in [0.1, 0.15) is 11.5 Å². The third-order valence-electron chi connectivity index (χ3n) is 3.59. The van der Waals surface area contributed by atoms with Crippen molar-refractivity contribution in [2.75, 3.05) is 14.2 Å². The van der Waals surface area contributed by atoms with Crippen LogP contribution in [0.2, 0.25) is 0 Å². The van der Waals surface area contributed by atoms with Gasteiger partial charge in [-0.25, -0.2) is 0 Å². The zero-order valence-corrected chi connectivity index (χ0v) is 13.3. The number of para-hydroxylation sites is 1. The number of ether oxygens (including phenoxy) is 2. The first kappa shape index (κ1) is 15.9. The molecule has 0 unspecified atom stereocenters. The monoisotopic (exact) mass is 299 g/mol. The SMILES string of the molecule is COc1ccc(C(C)(C)NC(=O)c2ccccc2OC)cc1. The predicted molar refractivity (Wildman–Crippen MR) is 86.5 cm³/mol. The summed E-state index contributed by atoms with van der Waals surface area (Å²) in [6.07, 6.45) is 0. The Morgan fingerprint density at radius 1 is 0.955 bits per heavy atom. The summed E-state index contributed by atoms with van der Waals surface area (Å²) >= 11 is 0. The van der Waals surface area contributed by atoms with E-state index in [1.165, 1.54) is 0 Å². The van der Waals surface area contributed by atoms with Gasteiger partial charge in [0.15, 0.2) is 0 Å². The minimum Gasteiger partial charge on any atom is -0.497 e. The second kappa shape index (κ2) is 6.52. The van der Waals surface area contributed by atoms with Crippen molar-refractivity contribution in [2.45, 2.75) is 19.4 Å². The molecule has 22 heavy (non-hydrogen) atoms. The van der Waals surface area contributed by atoms with E-state index in [4.69, 9.17) is 9.47 Å². The van der Waals surface area contributed by atoms with E-state index in [1.807, 2.05) is 50.2 Å². The molecule has 0 aliphatic carbocycles. The molecule has 1 amide bonds. The Hall–Kier alpha value is -2.49. The predicted octanol–water partition coefficient (Wildman–Crippen LogP) is 3.37. The van der Waals surface area contributed by atoms with Crippen molar-refractivity contribution in [1.29, 1.82) is 0 Å². The van der Waals surface area contributed by atoms with Crippen LogP contribution in [-0.4, -0.2) is 20.1 Å². The maximum absolute atomic E-state index is 12.5. The summed E-state index contributed by atoms with van der Waals surface area (Å²) in [5.74, 6) is 1.18. The zero-order chi connectivity index (χ0) is 16.2. The van der Waals surface area contributed by atoms with Gasteiger partial charge in [0.05, 0.1) is 25.3 Å². The molecule has 116 valence electrons. The van der Waals surface area contributed by atoms with Gasteiger partial charge in [-0.15, -0.1) is 0 Å². The number of carbonyl (C=O) groups excluding carboxylic acids is 1. The van der Waals surface area contributed by atoms with Crippen LogP contribution in [-0.2, 0) is 5.54 Å². The molecule has 0 atom stereocenters. The minimum atomic E-state index is -0.510. The van der Waals surface area contributed by atoms with Gasteiger partial charge >= 0.3 is 0 Å². The van der Waals surface area contributed by atoms with Gasteiger partial charge < -0.3 is 14.8 Å². The molecule has 0 saturated carbocycles. The molecule has 2 aromatic carbocycles. The molecule has 0 radical (unpaired) electrons. The first-order valence-corrected chi connectivity index (χ1v) is 7.08. The molecule has 0 aromatic heterocycles. The Bertz CT molecular complexity index is 648. The lowest BCUT2D eigenvalue weighted by Gasteiger charge is -2.27. The number of carbonyl (C=O) groups is 1. The topological polar surface area (TPSA) is 47.6 Å². The molecule has 0 aliphatic rings. The quantitative estimate of drug-likeness (QED) is 0.921. The highest BCUT2D eigenvalue weighted by Crippen LogP contribution is 2.24. The average molecular weight is 299 g/mol. The summed E-state index contributed by atoms with van der Waals surface area (Å²) in [5.41, 5.74) is 1.01. The minimum absolute atomic E-state index is 0.168. The second-order valence-electron chi connectivity index (χ2n) is 5.51. The van der Waals surface area contributed by atoms with E-state index in [0.29, 0.717) is 11.3 Å². The van der Waals surface area contributed by atoms with Gasteiger partial charge in [0.25, 0.3) is 5.91 Å². The first-order chi connectivity index (χ1) is 10.5. The van der Waals surface area contributed by atoms with Gasteiger partial charge in [-0.2, -0.15) is 0 Å². The van der Waals surface area contributed by atoms with Crippen molar-refractivity contribution >= 4 is 5.91 Å². The molecule has 4 nitrogen and oxygen atoms in total. The van der Waals surface area contributed by atoms with Crippen LogP contribution in [0.3, 0.4) is 0 Å². The van der Waals surface area contributed by atoms with Crippen molar-refractivity contribution < 1.29 is 14.3 Å². The molecule has 4 heteroatoms. The molecule has 0 spiro atoms. The Morgan fingerprint density at radius 2 is 1.59 bits per heavy atom. The molecule has 2 rings (SSSR count). The number of hydrogen-bond acceptors (Lipinski definition) is 3. The fourth-order valence-electron chi connectivity index (χ4n) is 2.26. The number of hydrogen-bond donors (Lipinski definition) is 1. The lowest BCUT2D eigenvalue weighted by atomic mass is 9.93. The van der Waals surface area contributed by atoms with Gasteiger partial charge in [-0.05, 0) is 43.7 Å². The van der Waals surface area contributed by atoms with Crippen molar-refractivity contribution in [3.05, 3.63) is 59.7 Å². The lowest BCUT2D eigenvalue weighted by molar-refractivity contribution is 0.0909. The smallest absolute Gasteiger partial charge is 0.255 e. The summed E-state index contributed by atoms with van der Waals surface area (Å²) in [6, 6.07) is 14.8. The number of rotatable bonds is 5. The Balaban J connectivity index is 2.21. The maximum atomic E-state index is 12.5. The fraction of sp³-hybridized carbons (Fsp3) is 0.278. The summed E-state index contributed by atoms with van der Waals surface area (Å²) in [4.78, 5) is 12.5. The van der Waals surface area contributed by atoms with Crippen LogP contribution in [0.1, 0.15) is 29.8 Å². The molecule has 2 aromatic rings. The van der Waals surface area contributed by atoms with Crippen molar-refractivity contribution in [1.82, 2.24) is 5.32 Å². The molecule has 0 fully saturated rings. The van der Waals surface area contributed by atoms with E-state index < -0.39 is 5.54 Å². The average Bonchev–Trinajstić information content (AvgIpc) is 2.54. The van der Waals surface area contributed by atoms with E-state index in [1.54, 1.807) is 26.4 Å². The lowest BCUT2D eigenvalue weighted by Crippen LogP contribution is -2.41. The highest BCUT2D eigenvalue weighted by molar-refractivity contribution is 5.97. The molecule has 0 heterocycles. The molecule has 1 N–H and O–H groups in total. The highest BCUT2D eigenvalue weighted by atomic mass is 16.5. The van der Waals surface area contributed by atoms with E-state index in [2.05, 4.69) is 5.32 Å². The van der Waals surface area contributed by atoms with Gasteiger partial charge in [0, 0.05) is 0 Å². The molecule has 0 saturated heterocycles. The van der Waals surface area contributed by atoms with Gasteiger partial charge in [-0.1, -0.05) is 24.3 Å². The summed E-state index contributed by atoms with van der Waals surface area (Å²) in [7, 11) is 3.18. The number of methoxy groups -OCH3 is 2. The third-order valence-corrected chi connectivity index (χ3v) is 3.59. The van der Waals surface area contributed by atoms with Crippen LogP contribution in [0.15, 0.2) is 48.5 Å². The van der Waals surface area contributed by atoms with Crippen LogP contribution in [0, 0.1) is 0 Å².